The highest BCUT2D eigenvalue weighted by molar-refractivity contribution is 5.95. The Kier molecular flexibility index (Phi) is 6.80. The molecule has 1 unspecified atom stereocenters. The van der Waals surface area contributed by atoms with Crippen molar-refractivity contribution in [2.24, 2.45) is 11.8 Å². The Balaban J connectivity index is 2.01. The molecule has 1 aliphatic carbocycles. The first-order valence-electron chi connectivity index (χ1n) is 8.62. The fraction of sp³-hybridized carbons (Fsp3) is 0.526. The first-order valence-corrected chi connectivity index (χ1v) is 8.62. The summed E-state index contributed by atoms with van der Waals surface area (Å²) in [5.74, 6) is -0.281. The molecule has 5 nitrogen and oxygen atoms in total. The zero-order valence-electron chi connectivity index (χ0n) is 14.2. The van der Waals surface area contributed by atoms with Crippen LogP contribution in [0.3, 0.4) is 0 Å². The number of nitrogens with zero attached hydrogens (tertiary/aromatic N) is 1. The van der Waals surface area contributed by atoms with Crippen molar-refractivity contribution >= 4 is 11.8 Å². The molecule has 0 bridgehead atoms. The Labute approximate surface area is 143 Å². The Morgan fingerprint density at radius 2 is 1.92 bits per heavy atom. The fourth-order valence-electron chi connectivity index (χ4n) is 3.39. The van der Waals surface area contributed by atoms with Crippen LogP contribution in [0.25, 0.3) is 0 Å². The van der Waals surface area contributed by atoms with Gasteiger partial charge in [0.25, 0.3) is 5.91 Å². The summed E-state index contributed by atoms with van der Waals surface area (Å²) in [6.45, 7) is 2.22. The second-order valence-electron chi connectivity index (χ2n) is 6.41. The molecule has 5 heteroatoms. The third-order valence-electron chi connectivity index (χ3n) is 4.77. The summed E-state index contributed by atoms with van der Waals surface area (Å²) in [5.41, 5.74) is 1.55. The summed E-state index contributed by atoms with van der Waals surface area (Å²) in [7, 11) is 0. The summed E-state index contributed by atoms with van der Waals surface area (Å²) in [5, 5.41) is 14.2. The molecular formula is C19H25N3O2. The standard InChI is InChI=1S/C19H25N3O2/c1-14-7-5-6-10-16(14)18(23)22-13-17(19(24)21-12-11-20)15-8-3-2-4-9-15/h5-7,10,15,17H,2-4,8-9,12-13H2,1H3,(H,21,24)(H,22,23). The third-order valence-corrected chi connectivity index (χ3v) is 4.77. The van der Waals surface area contributed by atoms with E-state index in [9.17, 15) is 9.59 Å². The molecule has 0 aromatic heterocycles. The van der Waals surface area contributed by atoms with Gasteiger partial charge in [-0.25, -0.2) is 0 Å². The highest BCUT2D eigenvalue weighted by Gasteiger charge is 2.29. The maximum absolute atomic E-state index is 12.4. The second-order valence-corrected chi connectivity index (χ2v) is 6.41. The van der Waals surface area contributed by atoms with Crippen LogP contribution in [0.15, 0.2) is 24.3 Å². The van der Waals surface area contributed by atoms with Crippen LogP contribution in [0.4, 0.5) is 0 Å². The van der Waals surface area contributed by atoms with E-state index in [2.05, 4.69) is 10.6 Å². The van der Waals surface area contributed by atoms with Gasteiger partial charge in [-0.05, 0) is 37.3 Å². The van der Waals surface area contributed by atoms with Gasteiger partial charge in [0.2, 0.25) is 5.91 Å². The molecule has 0 saturated heterocycles. The lowest BCUT2D eigenvalue weighted by molar-refractivity contribution is -0.126. The molecule has 1 aromatic carbocycles. The number of carbonyl (C=O) groups excluding carboxylic acids is 2. The van der Waals surface area contributed by atoms with Crippen LogP contribution in [0.2, 0.25) is 0 Å². The van der Waals surface area contributed by atoms with Crippen molar-refractivity contribution in [2.45, 2.75) is 39.0 Å². The molecule has 0 heterocycles. The lowest BCUT2D eigenvalue weighted by Gasteiger charge is -2.29. The number of aryl methyl sites for hydroxylation is 1. The van der Waals surface area contributed by atoms with E-state index in [1.807, 2.05) is 31.2 Å². The molecule has 128 valence electrons. The van der Waals surface area contributed by atoms with Gasteiger partial charge in [-0.3, -0.25) is 9.59 Å². The first-order chi connectivity index (χ1) is 11.6. The van der Waals surface area contributed by atoms with Gasteiger partial charge in [-0.15, -0.1) is 0 Å². The topological polar surface area (TPSA) is 82.0 Å². The molecule has 0 spiro atoms. The minimum atomic E-state index is -0.272. The fourth-order valence-corrected chi connectivity index (χ4v) is 3.39. The number of carbonyl (C=O) groups is 2. The molecule has 1 aliphatic rings. The van der Waals surface area contributed by atoms with Crippen LogP contribution in [0, 0.1) is 30.1 Å². The average Bonchev–Trinajstić information content (AvgIpc) is 2.61. The Bertz CT molecular complexity index is 615. The van der Waals surface area contributed by atoms with Crippen molar-refractivity contribution in [1.82, 2.24) is 10.6 Å². The van der Waals surface area contributed by atoms with E-state index >= 15 is 0 Å². The molecule has 0 aliphatic heterocycles. The van der Waals surface area contributed by atoms with Crippen LogP contribution < -0.4 is 10.6 Å². The van der Waals surface area contributed by atoms with E-state index in [0.29, 0.717) is 12.1 Å². The summed E-state index contributed by atoms with van der Waals surface area (Å²) >= 11 is 0. The SMILES string of the molecule is Cc1ccccc1C(=O)NCC(C(=O)NCC#N)C1CCCCC1. The summed E-state index contributed by atoms with van der Waals surface area (Å²) in [6, 6.07) is 9.35. The zero-order valence-corrected chi connectivity index (χ0v) is 14.2. The summed E-state index contributed by atoms with van der Waals surface area (Å²) in [4.78, 5) is 24.8. The van der Waals surface area contributed by atoms with Gasteiger partial charge in [-0.1, -0.05) is 37.5 Å². The van der Waals surface area contributed by atoms with Crippen LogP contribution >= 0.6 is 0 Å². The van der Waals surface area contributed by atoms with Gasteiger partial charge in [0.1, 0.15) is 6.54 Å². The minimum absolute atomic E-state index is 0.00773. The van der Waals surface area contributed by atoms with Crippen LogP contribution in [-0.4, -0.2) is 24.9 Å². The number of nitriles is 1. The van der Waals surface area contributed by atoms with Crippen molar-refractivity contribution in [1.29, 1.82) is 5.26 Å². The van der Waals surface area contributed by atoms with E-state index in [1.54, 1.807) is 6.07 Å². The highest BCUT2D eigenvalue weighted by atomic mass is 16.2. The zero-order chi connectivity index (χ0) is 17.4. The Hall–Kier alpha value is -2.35. The number of hydrogen-bond donors (Lipinski definition) is 2. The third kappa shape index (κ3) is 4.82. The largest absolute Gasteiger partial charge is 0.351 e. The molecule has 2 rings (SSSR count). The lowest BCUT2D eigenvalue weighted by Crippen LogP contribution is -2.43. The molecule has 1 fully saturated rings. The Morgan fingerprint density at radius 3 is 2.58 bits per heavy atom. The van der Waals surface area contributed by atoms with Gasteiger partial charge in [0.05, 0.1) is 12.0 Å². The average molecular weight is 327 g/mol. The predicted octanol–water partition coefficient (Wildman–Crippen LogP) is 2.56. The molecule has 2 N–H and O–H groups in total. The van der Waals surface area contributed by atoms with E-state index in [1.165, 1.54) is 6.42 Å². The predicted molar refractivity (Wildman–Crippen MR) is 92.2 cm³/mol. The molecular weight excluding hydrogens is 302 g/mol. The van der Waals surface area contributed by atoms with E-state index in [0.717, 1.165) is 31.2 Å². The number of amides is 2. The Morgan fingerprint density at radius 1 is 1.21 bits per heavy atom. The number of hydrogen-bond acceptors (Lipinski definition) is 3. The van der Waals surface area contributed by atoms with Gasteiger partial charge in [0.15, 0.2) is 0 Å². The number of nitrogens with one attached hydrogen (secondary N) is 2. The molecule has 0 radical (unpaired) electrons. The van der Waals surface area contributed by atoms with Crippen LogP contribution in [0.5, 0.6) is 0 Å². The number of rotatable bonds is 6. The minimum Gasteiger partial charge on any atom is -0.351 e. The smallest absolute Gasteiger partial charge is 0.251 e. The monoisotopic (exact) mass is 327 g/mol. The van der Waals surface area contributed by atoms with E-state index in [4.69, 9.17) is 5.26 Å². The van der Waals surface area contributed by atoms with Crippen LogP contribution in [0.1, 0.15) is 48.0 Å². The van der Waals surface area contributed by atoms with Crippen LogP contribution in [-0.2, 0) is 4.79 Å². The van der Waals surface area contributed by atoms with E-state index < -0.39 is 0 Å². The lowest BCUT2D eigenvalue weighted by atomic mass is 9.79. The highest BCUT2D eigenvalue weighted by Crippen LogP contribution is 2.30. The quantitative estimate of drug-likeness (QED) is 0.788. The van der Waals surface area contributed by atoms with Gasteiger partial charge in [-0.2, -0.15) is 5.26 Å². The maximum Gasteiger partial charge on any atom is 0.251 e. The first kappa shape index (κ1) is 18.0. The second kappa shape index (κ2) is 9.07. The molecule has 2 amide bonds. The van der Waals surface area contributed by atoms with Crippen molar-refractivity contribution < 1.29 is 9.59 Å². The van der Waals surface area contributed by atoms with Crippen molar-refractivity contribution in [3.63, 3.8) is 0 Å². The number of benzene rings is 1. The molecule has 24 heavy (non-hydrogen) atoms. The normalized spacial score (nSPS) is 16.0. The molecule has 1 saturated carbocycles. The summed E-state index contributed by atoms with van der Waals surface area (Å²) in [6.07, 6.45) is 5.46. The molecule has 1 atom stereocenters. The van der Waals surface area contributed by atoms with E-state index in [-0.39, 0.29) is 30.2 Å². The maximum atomic E-state index is 12.4. The van der Waals surface area contributed by atoms with Gasteiger partial charge >= 0.3 is 0 Å². The van der Waals surface area contributed by atoms with Crippen molar-refractivity contribution in [3.05, 3.63) is 35.4 Å². The molecule has 1 aromatic rings. The van der Waals surface area contributed by atoms with Gasteiger partial charge in [0, 0.05) is 12.1 Å². The van der Waals surface area contributed by atoms with Gasteiger partial charge < -0.3 is 10.6 Å². The summed E-state index contributed by atoms with van der Waals surface area (Å²) < 4.78 is 0. The van der Waals surface area contributed by atoms with Crippen molar-refractivity contribution in [3.8, 4) is 6.07 Å². The van der Waals surface area contributed by atoms with Crippen molar-refractivity contribution in [2.75, 3.05) is 13.1 Å².